The SMILES string of the molecule is CSCCC(NC(=O)c1ccc(CN2CC(C)CC2COCC2CCCCC2)cc1-c1ccccc1C)C(=O)O. The van der Waals surface area contributed by atoms with Crippen LogP contribution in [0.15, 0.2) is 42.5 Å². The van der Waals surface area contributed by atoms with Crippen LogP contribution < -0.4 is 5.32 Å². The van der Waals surface area contributed by atoms with Crippen molar-refractivity contribution in [1.29, 1.82) is 0 Å². The van der Waals surface area contributed by atoms with Crippen molar-refractivity contribution in [3.8, 4) is 11.1 Å². The summed E-state index contributed by atoms with van der Waals surface area (Å²) in [6, 6.07) is 13.6. The monoisotopic (exact) mass is 566 g/mol. The quantitative estimate of drug-likeness (QED) is 0.292. The number of aryl methyl sites for hydroxylation is 1. The molecule has 1 aliphatic carbocycles. The highest BCUT2D eigenvalue weighted by molar-refractivity contribution is 7.98. The lowest BCUT2D eigenvalue weighted by molar-refractivity contribution is -0.139. The van der Waals surface area contributed by atoms with Gasteiger partial charge >= 0.3 is 5.97 Å². The highest BCUT2D eigenvalue weighted by atomic mass is 32.2. The Morgan fingerprint density at radius 2 is 1.88 bits per heavy atom. The van der Waals surface area contributed by atoms with Gasteiger partial charge in [-0.1, -0.05) is 56.5 Å². The zero-order chi connectivity index (χ0) is 28.5. The van der Waals surface area contributed by atoms with E-state index in [1.54, 1.807) is 11.8 Å². The second kappa shape index (κ2) is 15.0. The van der Waals surface area contributed by atoms with Gasteiger partial charge in [0.05, 0.1) is 6.61 Å². The molecule has 1 amide bonds. The first-order chi connectivity index (χ1) is 19.4. The lowest BCUT2D eigenvalue weighted by Crippen LogP contribution is -2.41. The van der Waals surface area contributed by atoms with Crippen LogP contribution in [0.25, 0.3) is 11.1 Å². The molecule has 6 nitrogen and oxygen atoms in total. The molecule has 2 aromatic carbocycles. The first-order valence-corrected chi connectivity index (χ1v) is 16.3. The number of nitrogens with one attached hydrogen (secondary N) is 1. The molecule has 3 unspecified atom stereocenters. The predicted octanol–water partition coefficient (Wildman–Crippen LogP) is 6.41. The van der Waals surface area contributed by atoms with Crippen LogP contribution in [-0.4, -0.2) is 65.7 Å². The first-order valence-electron chi connectivity index (χ1n) is 14.9. The van der Waals surface area contributed by atoms with E-state index in [2.05, 4.69) is 23.2 Å². The summed E-state index contributed by atoms with van der Waals surface area (Å²) in [5, 5.41) is 12.4. The first kappa shape index (κ1) is 30.6. The summed E-state index contributed by atoms with van der Waals surface area (Å²) in [5.41, 5.74) is 4.58. The third kappa shape index (κ3) is 8.34. The molecular weight excluding hydrogens is 520 g/mol. The fourth-order valence-electron chi connectivity index (χ4n) is 6.28. The maximum Gasteiger partial charge on any atom is 0.326 e. The molecule has 0 bridgehead atoms. The summed E-state index contributed by atoms with van der Waals surface area (Å²) in [6.07, 6.45) is 10.1. The minimum atomic E-state index is -1.00. The minimum absolute atomic E-state index is 0.345. The zero-order valence-corrected chi connectivity index (χ0v) is 25.2. The van der Waals surface area contributed by atoms with Gasteiger partial charge in [0.25, 0.3) is 5.91 Å². The van der Waals surface area contributed by atoms with Crippen molar-refractivity contribution < 1.29 is 19.4 Å². The number of amides is 1. The lowest BCUT2D eigenvalue weighted by Gasteiger charge is -2.27. The molecule has 218 valence electrons. The minimum Gasteiger partial charge on any atom is -0.480 e. The number of carboxylic acid groups (broad SMARTS) is 1. The Balaban J connectivity index is 1.51. The molecule has 2 N–H and O–H groups in total. The van der Waals surface area contributed by atoms with Crippen molar-refractivity contribution in [1.82, 2.24) is 10.2 Å². The molecule has 7 heteroatoms. The third-order valence-electron chi connectivity index (χ3n) is 8.49. The van der Waals surface area contributed by atoms with E-state index in [0.29, 0.717) is 29.7 Å². The smallest absolute Gasteiger partial charge is 0.326 e. The van der Waals surface area contributed by atoms with Crippen LogP contribution in [0.2, 0.25) is 0 Å². The number of thioether (sulfide) groups is 1. The molecule has 1 aliphatic heterocycles. The highest BCUT2D eigenvalue weighted by Crippen LogP contribution is 2.31. The number of carbonyl (C=O) groups is 2. The number of ether oxygens (including phenoxy) is 1. The normalized spacial score (nSPS) is 20.9. The number of hydrogen-bond acceptors (Lipinski definition) is 5. The standard InChI is InChI=1S/C33H46N2O4S/c1-23-17-27(22-39-21-25-10-5-4-6-11-25)35(19-23)20-26-13-14-29(30(18-26)28-12-8-7-9-24(28)2)32(36)34-31(33(37)38)15-16-40-3/h7-9,12-14,18,23,25,27,31H,4-6,10-11,15-17,19-22H2,1-3H3,(H,34,36)(H,37,38). The summed E-state index contributed by atoms with van der Waals surface area (Å²) in [7, 11) is 0. The Labute approximate surface area is 244 Å². The van der Waals surface area contributed by atoms with Gasteiger partial charge in [-0.2, -0.15) is 11.8 Å². The molecule has 1 saturated carbocycles. The van der Waals surface area contributed by atoms with Gasteiger partial charge < -0.3 is 15.2 Å². The molecule has 4 rings (SSSR count). The van der Waals surface area contributed by atoms with Gasteiger partial charge in [-0.3, -0.25) is 9.69 Å². The molecular formula is C33H46N2O4S. The fraction of sp³-hybridized carbons (Fsp3) is 0.576. The number of nitrogens with zero attached hydrogens (tertiary/aromatic N) is 1. The Bertz CT molecular complexity index is 1130. The van der Waals surface area contributed by atoms with E-state index in [-0.39, 0.29) is 5.91 Å². The average Bonchev–Trinajstić information content (AvgIpc) is 3.29. The number of likely N-dealkylation sites (tertiary alicyclic amines) is 1. The molecule has 40 heavy (non-hydrogen) atoms. The van der Waals surface area contributed by atoms with Crippen LogP contribution in [0, 0.1) is 18.8 Å². The third-order valence-corrected chi connectivity index (χ3v) is 9.13. The molecule has 1 heterocycles. The van der Waals surface area contributed by atoms with E-state index >= 15 is 0 Å². The van der Waals surface area contributed by atoms with Gasteiger partial charge in [-0.25, -0.2) is 4.79 Å². The van der Waals surface area contributed by atoms with Gasteiger partial charge in [0.15, 0.2) is 0 Å². The number of benzene rings is 2. The second-order valence-electron chi connectivity index (χ2n) is 11.8. The van der Waals surface area contributed by atoms with Crippen LogP contribution in [0.5, 0.6) is 0 Å². The molecule has 0 radical (unpaired) electrons. The van der Waals surface area contributed by atoms with Crippen molar-refractivity contribution in [2.75, 3.05) is 31.8 Å². The van der Waals surface area contributed by atoms with Crippen molar-refractivity contribution in [2.24, 2.45) is 11.8 Å². The van der Waals surface area contributed by atoms with Crippen molar-refractivity contribution >= 4 is 23.6 Å². The summed E-state index contributed by atoms with van der Waals surface area (Å²) in [5.74, 6) is 0.662. The molecule has 0 spiro atoms. The summed E-state index contributed by atoms with van der Waals surface area (Å²) >= 11 is 1.57. The topological polar surface area (TPSA) is 78.9 Å². The van der Waals surface area contributed by atoms with Gasteiger partial charge in [0.2, 0.25) is 0 Å². The van der Waals surface area contributed by atoms with Crippen molar-refractivity contribution in [3.63, 3.8) is 0 Å². The molecule has 3 atom stereocenters. The Kier molecular flexibility index (Phi) is 11.5. The van der Waals surface area contributed by atoms with Crippen LogP contribution in [0.3, 0.4) is 0 Å². The lowest BCUT2D eigenvalue weighted by atomic mass is 9.90. The van der Waals surface area contributed by atoms with E-state index in [1.165, 1.54) is 32.1 Å². The summed E-state index contributed by atoms with van der Waals surface area (Å²) in [6.45, 7) is 7.86. The van der Waals surface area contributed by atoms with Gasteiger partial charge in [-0.05, 0) is 90.8 Å². The van der Waals surface area contributed by atoms with E-state index in [4.69, 9.17) is 4.74 Å². The number of carboxylic acids is 1. The number of hydrogen-bond donors (Lipinski definition) is 2. The van der Waals surface area contributed by atoms with Crippen LogP contribution in [-0.2, 0) is 16.1 Å². The van der Waals surface area contributed by atoms with E-state index < -0.39 is 12.0 Å². The zero-order valence-electron chi connectivity index (χ0n) is 24.4. The Morgan fingerprint density at radius 1 is 1.10 bits per heavy atom. The van der Waals surface area contributed by atoms with Crippen molar-refractivity contribution in [3.05, 3.63) is 59.2 Å². The van der Waals surface area contributed by atoms with Crippen LogP contribution in [0.1, 0.15) is 73.4 Å². The van der Waals surface area contributed by atoms with Crippen LogP contribution >= 0.6 is 11.8 Å². The van der Waals surface area contributed by atoms with Gasteiger partial charge in [0.1, 0.15) is 6.04 Å². The summed E-state index contributed by atoms with van der Waals surface area (Å²) < 4.78 is 6.27. The number of carbonyl (C=O) groups excluding carboxylic acids is 1. The average molecular weight is 567 g/mol. The maximum atomic E-state index is 13.4. The summed E-state index contributed by atoms with van der Waals surface area (Å²) in [4.78, 5) is 27.8. The van der Waals surface area contributed by atoms with Gasteiger partial charge in [0, 0.05) is 31.3 Å². The molecule has 2 aliphatic rings. The number of rotatable bonds is 13. The predicted molar refractivity (Wildman–Crippen MR) is 164 cm³/mol. The maximum absolute atomic E-state index is 13.4. The van der Waals surface area contributed by atoms with Gasteiger partial charge in [-0.15, -0.1) is 0 Å². The highest BCUT2D eigenvalue weighted by Gasteiger charge is 2.30. The van der Waals surface area contributed by atoms with E-state index in [9.17, 15) is 14.7 Å². The van der Waals surface area contributed by atoms with Crippen LogP contribution in [0.4, 0.5) is 0 Å². The van der Waals surface area contributed by atoms with E-state index in [0.717, 1.165) is 60.9 Å². The molecule has 2 aromatic rings. The fourth-order valence-corrected chi connectivity index (χ4v) is 6.75. The van der Waals surface area contributed by atoms with E-state index in [1.807, 2.05) is 49.6 Å². The number of aliphatic carboxylic acids is 1. The second-order valence-corrected chi connectivity index (χ2v) is 12.8. The van der Waals surface area contributed by atoms with Crippen molar-refractivity contribution in [2.45, 2.75) is 77.4 Å². The molecule has 2 fully saturated rings. The largest absolute Gasteiger partial charge is 0.480 e. The molecule has 1 saturated heterocycles. The molecule has 0 aromatic heterocycles. The Hall–Kier alpha value is -2.35. The Morgan fingerprint density at radius 3 is 2.60 bits per heavy atom.